The van der Waals surface area contributed by atoms with Gasteiger partial charge in [0.15, 0.2) is 5.69 Å². The lowest BCUT2D eigenvalue weighted by atomic mass is 9.96. The maximum atomic E-state index is 13.6. The van der Waals surface area contributed by atoms with Crippen LogP contribution in [0, 0.1) is 6.92 Å². The second kappa shape index (κ2) is 9.14. The maximum Gasteiger partial charge on any atom is 0.272 e. The van der Waals surface area contributed by atoms with Crippen LogP contribution in [0.25, 0.3) is 22.0 Å². The van der Waals surface area contributed by atoms with Crippen molar-refractivity contribution in [2.75, 3.05) is 13.1 Å². The highest BCUT2D eigenvalue weighted by atomic mass is 16.2. The fraction of sp³-hybridized carbons (Fsp3) is 0.250. The normalized spacial score (nSPS) is 15.9. The molecule has 6 heteroatoms. The Labute approximate surface area is 199 Å². The molecule has 1 atom stereocenters. The SMILES string of the molecule is Cc1cccc(-c2ccccc2C(=O)N2CCCC(NC(=O)c3nn(C)c4ccccc34)C2)c1. The summed E-state index contributed by atoms with van der Waals surface area (Å²) in [4.78, 5) is 28.5. The molecule has 3 aromatic carbocycles. The molecule has 6 nitrogen and oxygen atoms in total. The second-order valence-corrected chi connectivity index (χ2v) is 8.97. The number of carbonyl (C=O) groups is 2. The molecule has 2 amide bonds. The van der Waals surface area contributed by atoms with Gasteiger partial charge in [-0.25, -0.2) is 0 Å². The minimum atomic E-state index is -0.198. The van der Waals surface area contributed by atoms with E-state index >= 15 is 0 Å². The molecule has 4 aromatic rings. The quantitative estimate of drug-likeness (QED) is 0.493. The maximum absolute atomic E-state index is 13.6. The predicted octanol–water partition coefficient (Wildman–Crippen LogP) is 4.58. The average Bonchev–Trinajstić information content (AvgIpc) is 3.20. The highest BCUT2D eigenvalue weighted by Gasteiger charge is 2.28. The van der Waals surface area contributed by atoms with E-state index < -0.39 is 0 Å². The van der Waals surface area contributed by atoms with Crippen LogP contribution in [0.5, 0.6) is 0 Å². The van der Waals surface area contributed by atoms with E-state index in [0.29, 0.717) is 24.3 Å². The molecule has 1 aromatic heterocycles. The number of aryl methyl sites for hydroxylation is 2. The van der Waals surface area contributed by atoms with Crippen molar-refractivity contribution in [2.24, 2.45) is 7.05 Å². The number of hydrogen-bond acceptors (Lipinski definition) is 3. The molecular formula is C28H28N4O2. The lowest BCUT2D eigenvalue weighted by Gasteiger charge is -2.33. The Hall–Kier alpha value is -3.93. The fourth-order valence-corrected chi connectivity index (χ4v) is 4.82. The monoisotopic (exact) mass is 452 g/mol. The van der Waals surface area contributed by atoms with E-state index in [1.807, 2.05) is 72.6 Å². The molecule has 0 radical (unpaired) electrons. The van der Waals surface area contributed by atoms with E-state index in [2.05, 4.69) is 29.5 Å². The molecule has 0 saturated carbocycles. The van der Waals surface area contributed by atoms with Gasteiger partial charge in [0.2, 0.25) is 0 Å². The van der Waals surface area contributed by atoms with Crippen molar-refractivity contribution in [1.29, 1.82) is 0 Å². The average molecular weight is 453 g/mol. The van der Waals surface area contributed by atoms with E-state index in [9.17, 15) is 9.59 Å². The van der Waals surface area contributed by atoms with Crippen molar-refractivity contribution < 1.29 is 9.59 Å². The minimum Gasteiger partial charge on any atom is -0.346 e. The molecule has 1 aliphatic heterocycles. The number of fused-ring (bicyclic) bond motifs is 1. The van der Waals surface area contributed by atoms with Gasteiger partial charge in [-0.15, -0.1) is 0 Å². The lowest BCUT2D eigenvalue weighted by molar-refractivity contribution is 0.0676. The molecular weight excluding hydrogens is 424 g/mol. The van der Waals surface area contributed by atoms with Crippen LogP contribution in [0.1, 0.15) is 39.3 Å². The summed E-state index contributed by atoms with van der Waals surface area (Å²) in [6, 6.07) is 23.6. The summed E-state index contributed by atoms with van der Waals surface area (Å²) in [7, 11) is 1.84. The summed E-state index contributed by atoms with van der Waals surface area (Å²) in [5, 5.41) is 8.39. The molecule has 1 aliphatic rings. The summed E-state index contributed by atoms with van der Waals surface area (Å²) in [5.74, 6) is -0.199. The minimum absolute atomic E-state index is 0.000610. The van der Waals surface area contributed by atoms with Crippen LogP contribution < -0.4 is 5.32 Å². The number of piperidine rings is 1. The Morgan fingerprint density at radius 2 is 1.79 bits per heavy atom. The Balaban J connectivity index is 1.34. The van der Waals surface area contributed by atoms with Gasteiger partial charge in [-0.3, -0.25) is 14.3 Å². The summed E-state index contributed by atoms with van der Waals surface area (Å²) in [6.07, 6.45) is 1.67. The Morgan fingerprint density at radius 3 is 2.65 bits per heavy atom. The third kappa shape index (κ3) is 4.19. The Bertz CT molecular complexity index is 1370. The highest BCUT2D eigenvalue weighted by Crippen LogP contribution is 2.27. The van der Waals surface area contributed by atoms with Crippen LogP contribution in [-0.2, 0) is 7.05 Å². The predicted molar refractivity (Wildman–Crippen MR) is 134 cm³/mol. The Kier molecular flexibility index (Phi) is 5.88. The van der Waals surface area contributed by atoms with Crippen molar-refractivity contribution in [3.05, 3.63) is 89.6 Å². The Morgan fingerprint density at radius 1 is 1.00 bits per heavy atom. The summed E-state index contributed by atoms with van der Waals surface area (Å²) in [6.45, 7) is 3.22. The zero-order chi connectivity index (χ0) is 23.7. The van der Waals surface area contributed by atoms with Gasteiger partial charge < -0.3 is 10.2 Å². The standard InChI is InChI=1S/C28H28N4O2/c1-19-9-7-10-20(17-19)22-12-3-4-13-23(22)28(34)32-16-8-11-21(18-32)29-27(33)26-24-14-5-6-15-25(24)31(2)30-26/h3-7,9-10,12-15,17,21H,8,11,16,18H2,1-2H3,(H,29,33). The molecule has 2 heterocycles. The van der Waals surface area contributed by atoms with Crippen molar-refractivity contribution >= 4 is 22.7 Å². The van der Waals surface area contributed by atoms with Gasteiger partial charge in [0, 0.05) is 37.1 Å². The van der Waals surface area contributed by atoms with Crippen molar-refractivity contribution in [1.82, 2.24) is 20.0 Å². The first kappa shape index (κ1) is 21.9. The number of likely N-dealkylation sites (tertiary alicyclic amines) is 1. The fourth-order valence-electron chi connectivity index (χ4n) is 4.82. The number of nitrogens with zero attached hydrogens (tertiary/aromatic N) is 3. The van der Waals surface area contributed by atoms with E-state index in [0.717, 1.165) is 40.4 Å². The van der Waals surface area contributed by atoms with Crippen molar-refractivity contribution in [2.45, 2.75) is 25.8 Å². The van der Waals surface area contributed by atoms with Crippen LogP contribution in [-0.4, -0.2) is 45.6 Å². The van der Waals surface area contributed by atoms with Crippen LogP contribution in [0.2, 0.25) is 0 Å². The number of nitrogens with one attached hydrogen (secondary N) is 1. The summed E-state index contributed by atoms with van der Waals surface area (Å²) >= 11 is 0. The molecule has 5 rings (SSSR count). The molecule has 0 bridgehead atoms. The first-order chi connectivity index (χ1) is 16.5. The summed E-state index contributed by atoms with van der Waals surface area (Å²) in [5.41, 5.74) is 5.15. The molecule has 1 N–H and O–H groups in total. The zero-order valence-electron chi connectivity index (χ0n) is 19.5. The number of amides is 2. The van der Waals surface area contributed by atoms with E-state index in [1.54, 1.807) is 4.68 Å². The van der Waals surface area contributed by atoms with E-state index in [4.69, 9.17) is 0 Å². The topological polar surface area (TPSA) is 67.2 Å². The van der Waals surface area contributed by atoms with Gasteiger partial charge in [-0.1, -0.05) is 66.2 Å². The third-order valence-corrected chi connectivity index (χ3v) is 6.50. The summed E-state index contributed by atoms with van der Waals surface area (Å²) < 4.78 is 1.73. The molecule has 1 fully saturated rings. The second-order valence-electron chi connectivity index (χ2n) is 8.97. The lowest BCUT2D eigenvalue weighted by Crippen LogP contribution is -2.49. The largest absolute Gasteiger partial charge is 0.346 e. The first-order valence-electron chi connectivity index (χ1n) is 11.7. The van der Waals surface area contributed by atoms with E-state index in [1.165, 1.54) is 0 Å². The van der Waals surface area contributed by atoms with Gasteiger partial charge in [0.25, 0.3) is 11.8 Å². The van der Waals surface area contributed by atoms with Gasteiger partial charge >= 0.3 is 0 Å². The van der Waals surface area contributed by atoms with Gasteiger partial charge in [0.1, 0.15) is 0 Å². The molecule has 1 saturated heterocycles. The van der Waals surface area contributed by atoms with E-state index in [-0.39, 0.29) is 17.9 Å². The molecule has 0 spiro atoms. The van der Waals surface area contributed by atoms with Crippen LogP contribution in [0.3, 0.4) is 0 Å². The van der Waals surface area contributed by atoms with Gasteiger partial charge in [0.05, 0.1) is 5.52 Å². The van der Waals surface area contributed by atoms with Crippen LogP contribution >= 0.6 is 0 Å². The molecule has 0 aliphatic carbocycles. The number of rotatable bonds is 4. The first-order valence-corrected chi connectivity index (χ1v) is 11.7. The number of para-hydroxylation sites is 1. The number of carbonyl (C=O) groups excluding carboxylic acids is 2. The molecule has 1 unspecified atom stereocenters. The van der Waals surface area contributed by atoms with Crippen LogP contribution in [0.15, 0.2) is 72.8 Å². The number of benzene rings is 3. The van der Waals surface area contributed by atoms with Crippen molar-refractivity contribution in [3.63, 3.8) is 0 Å². The highest BCUT2D eigenvalue weighted by molar-refractivity contribution is 6.05. The number of hydrogen-bond donors (Lipinski definition) is 1. The van der Waals surface area contributed by atoms with Crippen LogP contribution in [0.4, 0.5) is 0 Å². The smallest absolute Gasteiger partial charge is 0.272 e. The van der Waals surface area contributed by atoms with Crippen molar-refractivity contribution in [3.8, 4) is 11.1 Å². The molecule has 172 valence electrons. The zero-order valence-corrected chi connectivity index (χ0v) is 19.5. The third-order valence-electron chi connectivity index (χ3n) is 6.50. The van der Waals surface area contributed by atoms with Gasteiger partial charge in [-0.05, 0) is 43.0 Å². The molecule has 34 heavy (non-hydrogen) atoms. The van der Waals surface area contributed by atoms with Gasteiger partial charge in [-0.2, -0.15) is 5.10 Å². The number of aromatic nitrogens is 2.